The number of furan rings is 1. The fourth-order valence-electron chi connectivity index (χ4n) is 4.38. The van der Waals surface area contributed by atoms with Gasteiger partial charge in [-0.1, -0.05) is 37.5 Å². The van der Waals surface area contributed by atoms with Gasteiger partial charge in [-0.05, 0) is 31.0 Å². The molecule has 1 saturated carbocycles. The Morgan fingerprint density at radius 1 is 1.00 bits per heavy atom. The van der Waals surface area contributed by atoms with Crippen LogP contribution in [0.2, 0.25) is 0 Å². The number of hydrazone groups is 1. The van der Waals surface area contributed by atoms with Gasteiger partial charge in [0.25, 0.3) is 0 Å². The Morgan fingerprint density at radius 3 is 2.71 bits per heavy atom. The van der Waals surface area contributed by atoms with Gasteiger partial charge in [-0.2, -0.15) is 5.10 Å². The van der Waals surface area contributed by atoms with Crippen LogP contribution in [-0.2, 0) is 0 Å². The first-order valence-electron chi connectivity index (χ1n) is 9.05. The van der Waals surface area contributed by atoms with Crippen molar-refractivity contribution < 1.29 is 9.15 Å². The fourth-order valence-corrected chi connectivity index (χ4v) is 4.38. The lowest BCUT2D eigenvalue weighted by atomic mass is 9.86. The van der Waals surface area contributed by atoms with Gasteiger partial charge in [0.15, 0.2) is 6.23 Å². The maximum atomic E-state index is 6.44. The van der Waals surface area contributed by atoms with Crippen molar-refractivity contribution in [2.75, 3.05) is 0 Å². The van der Waals surface area contributed by atoms with E-state index in [9.17, 15) is 0 Å². The topological polar surface area (TPSA) is 38.0 Å². The lowest BCUT2D eigenvalue weighted by molar-refractivity contribution is -0.0643. The molecule has 0 unspecified atom stereocenters. The van der Waals surface area contributed by atoms with Gasteiger partial charge in [0, 0.05) is 17.9 Å². The zero-order valence-electron chi connectivity index (χ0n) is 13.7. The molecule has 0 N–H and O–H groups in total. The van der Waals surface area contributed by atoms with Gasteiger partial charge < -0.3 is 9.15 Å². The minimum Gasteiger partial charge on any atom is -0.468 e. The molecule has 2 aromatic rings. The van der Waals surface area contributed by atoms with E-state index in [0.717, 1.165) is 23.6 Å². The second-order valence-electron chi connectivity index (χ2n) is 7.07. The highest BCUT2D eigenvalue weighted by atomic mass is 16.5. The quantitative estimate of drug-likeness (QED) is 0.802. The molecule has 0 saturated heterocycles. The average molecular weight is 322 g/mol. The molecular weight excluding hydrogens is 300 g/mol. The van der Waals surface area contributed by atoms with Crippen molar-refractivity contribution >= 4 is 5.71 Å². The predicted molar refractivity (Wildman–Crippen MR) is 91.9 cm³/mol. The van der Waals surface area contributed by atoms with E-state index in [4.69, 9.17) is 14.3 Å². The summed E-state index contributed by atoms with van der Waals surface area (Å²) < 4.78 is 12.0. The van der Waals surface area contributed by atoms with Crippen molar-refractivity contribution in [1.29, 1.82) is 0 Å². The maximum absolute atomic E-state index is 6.44. The van der Waals surface area contributed by atoms with Crippen LogP contribution in [0.4, 0.5) is 0 Å². The zero-order chi connectivity index (χ0) is 15.9. The summed E-state index contributed by atoms with van der Waals surface area (Å²) in [5.74, 6) is 2.48. The summed E-state index contributed by atoms with van der Waals surface area (Å²) in [6.07, 6.45) is 9.10. The number of hydrogen-bond donors (Lipinski definition) is 0. The third-order valence-corrected chi connectivity index (χ3v) is 5.59. The Labute approximate surface area is 142 Å². The molecule has 4 nitrogen and oxygen atoms in total. The standard InChI is InChI=1S/C20H22N2O2/c1-2-7-14(8-3-1)20-22-17(15-9-4-5-10-18(15)24-20)13-16(21-22)19-11-6-12-23-19/h4-6,9-12,14,17,20H,1-3,7-8,13H2/t17-,20+/m1/s1. The molecule has 4 heteroatoms. The normalized spacial score (nSPS) is 26.5. The van der Waals surface area contributed by atoms with Gasteiger partial charge in [-0.3, -0.25) is 0 Å². The summed E-state index contributed by atoms with van der Waals surface area (Å²) in [4.78, 5) is 0. The minimum atomic E-state index is 0.0534. The molecule has 2 atom stereocenters. The monoisotopic (exact) mass is 322 g/mol. The van der Waals surface area contributed by atoms with E-state index in [1.807, 2.05) is 12.1 Å². The van der Waals surface area contributed by atoms with Crippen LogP contribution in [-0.4, -0.2) is 16.9 Å². The molecule has 1 aromatic carbocycles. The molecule has 1 aliphatic carbocycles. The molecule has 3 aliphatic rings. The Bertz CT molecular complexity index is 747. The van der Waals surface area contributed by atoms with E-state index >= 15 is 0 Å². The third kappa shape index (κ3) is 2.24. The first-order chi connectivity index (χ1) is 11.9. The molecular formula is C20H22N2O2. The molecule has 0 spiro atoms. The van der Waals surface area contributed by atoms with E-state index in [0.29, 0.717) is 5.92 Å². The van der Waals surface area contributed by atoms with E-state index < -0.39 is 0 Å². The smallest absolute Gasteiger partial charge is 0.190 e. The lowest BCUT2D eigenvalue weighted by Gasteiger charge is -2.42. The lowest BCUT2D eigenvalue weighted by Crippen LogP contribution is -2.45. The zero-order valence-corrected chi connectivity index (χ0v) is 13.7. The number of para-hydroxylation sites is 1. The van der Waals surface area contributed by atoms with Crippen molar-refractivity contribution in [2.45, 2.75) is 50.8 Å². The Hall–Kier alpha value is -2.23. The summed E-state index contributed by atoms with van der Waals surface area (Å²) in [5, 5.41) is 7.16. The average Bonchev–Trinajstić information content (AvgIpc) is 3.31. The fraction of sp³-hybridized carbons (Fsp3) is 0.450. The van der Waals surface area contributed by atoms with Gasteiger partial charge in [0.2, 0.25) is 0 Å². The van der Waals surface area contributed by atoms with Crippen LogP contribution in [0, 0.1) is 5.92 Å². The maximum Gasteiger partial charge on any atom is 0.190 e. The Kier molecular flexibility index (Phi) is 3.35. The molecule has 0 radical (unpaired) electrons. The summed E-state index contributed by atoms with van der Waals surface area (Å²) >= 11 is 0. The van der Waals surface area contributed by atoms with E-state index in [-0.39, 0.29) is 12.3 Å². The summed E-state index contributed by atoms with van der Waals surface area (Å²) in [7, 11) is 0. The Morgan fingerprint density at radius 2 is 1.88 bits per heavy atom. The van der Waals surface area contributed by atoms with Gasteiger partial charge >= 0.3 is 0 Å². The van der Waals surface area contributed by atoms with Crippen molar-refractivity contribution in [3.05, 3.63) is 54.0 Å². The highest BCUT2D eigenvalue weighted by Gasteiger charge is 2.43. The molecule has 3 heterocycles. The third-order valence-electron chi connectivity index (χ3n) is 5.59. The number of hydrogen-bond acceptors (Lipinski definition) is 4. The van der Waals surface area contributed by atoms with Crippen molar-refractivity contribution in [3.63, 3.8) is 0 Å². The van der Waals surface area contributed by atoms with E-state index in [1.54, 1.807) is 6.26 Å². The van der Waals surface area contributed by atoms with Gasteiger partial charge in [-0.25, -0.2) is 5.01 Å². The Balaban J connectivity index is 1.53. The summed E-state index contributed by atoms with van der Waals surface area (Å²) in [5.41, 5.74) is 2.28. The molecule has 1 fully saturated rings. The molecule has 0 bridgehead atoms. The van der Waals surface area contributed by atoms with Crippen LogP contribution in [0.5, 0.6) is 5.75 Å². The summed E-state index contributed by atoms with van der Waals surface area (Å²) in [6, 6.07) is 12.6. The first kappa shape index (κ1) is 14.1. The van der Waals surface area contributed by atoms with Gasteiger partial charge in [0.1, 0.15) is 17.2 Å². The molecule has 0 amide bonds. The minimum absolute atomic E-state index is 0.0534. The van der Waals surface area contributed by atoms with Crippen LogP contribution in [0.1, 0.15) is 55.9 Å². The van der Waals surface area contributed by atoms with Crippen LogP contribution in [0.15, 0.2) is 52.2 Å². The van der Waals surface area contributed by atoms with Crippen LogP contribution >= 0.6 is 0 Å². The highest BCUT2D eigenvalue weighted by Crippen LogP contribution is 2.46. The molecule has 24 heavy (non-hydrogen) atoms. The van der Waals surface area contributed by atoms with Crippen LogP contribution in [0.3, 0.4) is 0 Å². The van der Waals surface area contributed by atoms with E-state index in [2.05, 4.69) is 29.3 Å². The van der Waals surface area contributed by atoms with Gasteiger partial charge in [0.05, 0.1) is 12.3 Å². The SMILES string of the molecule is c1coc(C2=NN3[C@H](C2)c2ccccc2O[C@H]3C2CCCCC2)c1. The van der Waals surface area contributed by atoms with Crippen LogP contribution < -0.4 is 4.74 Å². The number of rotatable bonds is 2. The molecule has 2 aliphatic heterocycles. The number of ether oxygens (including phenoxy) is 1. The van der Waals surface area contributed by atoms with Gasteiger partial charge in [-0.15, -0.1) is 0 Å². The number of fused-ring (bicyclic) bond motifs is 3. The van der Waals surface area contributed by atoms with E-state index in [1.165, 1.54) is 37.7 Å². The van der Waals surface area contributed by atoms with Crippen molar-refractivity contribution in [1.82, 2.24) is 5.01 Å². The second-order valence-corrected chi connectivity index (χ2v) is 7.07. The van der Waals surface area contributed by atoms with Crippen molar-refractivity contribution in [2.24, 2.45) is 11.0 Å². The second kappa shape index (κ2) is 5.69. The molecule has 5 rings (SSSR count). The first-order valence-corrected chi connectivity index (χ1v) is 9.05. The van der Waals surface area contributed by atoms with Crippen LogP contribution in [0.25, 0.3) is 0 Å². The molecule has 1 aromatic heterocycles. The largest absolute Gasteiger partial charge is 0.468 e. The van der Waals surface area contributed by atoms with Crippen molar-refractivity contribution in [3.8, 4) is 5.75 Å². The number of nitrogens with zero attached hydrogens (tertiary/aromatic N) is 2. The number of benzene rings is 1. The molecule has 124 valence electrons. The summed E-state index contributed by atoms with van der Waals surface area (Å²) in [6.45, 7) is 0. The highest BCUT2D eigenvalue weighted by molar-refractivity contribution is 5.99. The predicted octanol–water partition coefficient (Wildman–Crippen LogP) is 4.73.